The molecule has 2 N–H and O–H groups in total. The molecule has 6 nitrogen and oxygen atoms in total. The SMILES string of the molecule is CC(=O)N1CCC(CCC(=O)NCc2n[nH]c3c2CCCC3)CC1. The largest absolute Gasteiger partial charge is 0.350 e. The lowest BCUT2D eigenvalue weighted by atomic mass is 9.92. The van der Waals surface area contributed by atoms with E-state index in [2.05, 4.69) is 15.5 Å². The third-order valence-electron chi connectivity index (χ3n) is 5.43. The summed E-state index contributed by atoms with van der Waals surface area (Å²) in [4.78, 5) is 25.3. The first-order chi connectivity index (χ1) is 11.6. The van der Waals surface area contributed by atoms with E-state index in [0.29, 0.717) is 18.9 Å². The molecule has 3 rings (SSSR count). The summed E-state index contributed by atoms with van der Waals surface area (Å²) in [5, 5.41) is 10.5. The third-order valence-corrected chi connectivity index (χ3v) is 5.43. The first-order valence-electron chi connectivity index (χ1n) is 9.20. The molecule has 0 unspecified atom stereocenters. The molecule has 1 fully saturated rings. The Bertz CT molecular complexity index is 588. The zero-order valence-corrected chi connectivity index (χ0v) is 14.6. The van der Waals surface area contributed by atoms with Gasteiger partial charge < -0.3 is 10.2 Å². The number of aromatic amines is 1. The van der Waals surface area contributed by atoms with Crippen LogP contribution in [0.3, 0.4) is 0 Å². The number of amides is 2. The van der Waals surface area contributed by atoms with Crippen molar-refractivity contribution in [1.82, 2.24) is 20.4 Å². The number of fused-ring (bicyclic) bond motifs is 1. The first kappa shape index (κ1) is 17.0. The lowest BCUT2D eigenvalue weighted by Gasteiger charge is -2.31. The molecule has 1 aromatic rings. The highest BCUT2D eigenvalue weighted by molar-refractivity contribution is 5.75. The Morgan fingerprint density at radius 1 is 1.25 bits per heavy atom. The predicted octanol–water partition coefficient (Wildman–Crippen LogP) is 1.94. The third kappa shape index (κ3) is 4.16. The summed E-state index contributed by atoms with van der Waals surface area (Å²) >= 11 is 0. The van der Waals surface area contributed by atoms with Crippen molar-refractivity contribution in [2.75, 3.05) is 13.1 Å². The molecule has 2 amide bonds. The van der Waals surface area contributed by atoms with Crippen molar-refractivity contribution in [3.8, 4) is 0 Å². The highest BCUT2D eigenvalue weighted by Crippen LogP contribution is 2.23. The highest BCUT2D eigenvalue weighted by atomic mass is 16.2. The minimum Gasteiger partial charge on any atom is -0.350 e. The van der Waals surface area contributed by atoms with Gasteiger partial charge in [0.05, 0.1) is 12.2 Å². The van der Waals surface area contributed by atoms with Gasteiger partial charge in [0, 0.05) is 32.1 Å². The number of carbonyl (C=O) groups is 2. The van der Waals surface area contributed by atoms with Gasteiger partial charge in [-0.2, -0.15) is 5.10 Å². The Labute approximate surface area is 143 Å². The second-order valence-corrected chi connectivity index (χ2v) is 7.10. The van der Waals surface area contributed by atoms with Crippen LogP contribution in [0, 0.1) is 5.92 Å². The Morgan fingerprint density at radius 3 is 2.75 bits per heavy atom. The van der Waals surface area contributed by atoms with Crippen molar-refractivity contribution < 1.29 is 9.59 Å². The summed E-state index contributed by atoms with van der Waals surface area (Å²) in [7, 11) is 0. The maximum absolute atomic E-state index is 12.1. The normalized spacial score (nSPS) is 18.3. The quantitative estimate of drug-likeness (QED) is 0.865. The Balaban J connectivity index is 1.38. The van der Waals surface area contributed by atoms with Gasteiger partial charge in [-0.15, -0.1) is 0 Å². The minimum absolute atomic E-state index is 0.108. The Morgan fingerprint density at radius 2 is 2.00 bits per heavy atom. The van der Waals surface area contributed by atoms with Crippen LogP contribution in [-0.4, -0.2) is 40.0 Å². The standard InChI is InChI=1S/C18H28N4O2/c1-13(23)22-10-8-14(9-11-22)6-7-18(24)19-12-17-15-4-2-3-5-16(15)20-21-17/h14H,2-12H2,1H3,(H,19,24)(H,20,21). The summed E-state index contributed by atoms with van der Waals surface area (Å²) < 4.78 is 0. The number of H-pyrrole nitrogens is 1. The molecule has 132 valence electrons. The van der Waals surface area contributed by atoms with Crippen LogP contribution < -0.4 is 5.32 Å². The van der Waals surface area contributed by atoms with Crippen LogP contribution >= 0.6 is 0 Å². The summed E-state index contributed by atoms with van der Waals surface area (Å²) in [5.41, 5.74) is 3.58. The van der Waals surface area contributed by atoms with E-state index >= 15 is 0 Å². The molecule has 2 heterocycles. The van der Waals surface area contributed by atoms with E-state index in [9.17, 15) is 9.59 Å². The number of hydrogen-bond donors (Lipinski definition) is 2. The minimum atomic E-state index is 0.108. The molecule has 1 aliphatic carbocycles. The summed E-state index contributed by atoms with van der Waals surface area (Å²) in [5.74, 6) is 0.828. The fraction of sp³-hybridized carbons (Fsp3) is 0.722. The van der Waals surface area contributed by atoms with Crippen molar-refractivity contribution in [3.63, 3.8) is 0 Å². The van der Waals surface area contributed by atoms with E-state index < -0.39 is 0 Å². The number of carbonyl (C=O) groups excluding carboxylic acids is 2. The number of aromatic nitrogens is 2. The molecule has 0 atom stereocenters. The van der Waals surface area contributed by atoms with E-state index in [0.717, 1.165) is 50.9 Å². The second-order valence-electron chi connectivity index (χ2n) is 7.10. The second kappa shape index (κ2) is 7.81. The molecule has 0 radical (unpaired) electrons. The lowest BCUT2D eigenvalue weighted by molar-refractivity contribution is -0.130. The van der Waals surface area contributed by atoms with E-state index in [1.807, 2.05) is 4.90 Å². The van der Waals surface area contributed by atoms with Gasteiger partial charge in [0.15, 0.2) is 0 Å². The van der Waals surface area contributed by atoms with Gasteiger partial charge in [-0.05, 0) is 56.4 Å². The molecular formula is C18H28N4O2. The fourth-order valence-corrected chi connectivity index (χ4v) is 3.84. The maximum atomic E-state index is 12.1. The monoisotopic (exact) mass is 332 g/mol. The topological polar surface area (TPSA) is 78.1 Å². The number of aryl methyl sites for hydroxylation is 1. The van der Waals surface area contributed by atoms with Crippen LogP contribution in [-0.2, 0) is 29.0 Å². The van der Waals surface area contributed by atoms with E-state index in [1.165, 1.54) is 24.1 Å². The molecule has 2 aliphatic rings. The van der Waals surface area contributed by atoms with Gasteiger partial charge in [-0.25, -0.2) is 0 Å². The first-order valence-corrected chi connectivity index (χ1v) is 9.20. The average Bonchev–Trinajstić information content (AvgIpc) is 3.01. The number of piperidine rings is 1. The van der Waals surface area contributed by atoms with Crippen LogP contribution in [0.15, 0.2) is 0 Å². The molecule has 0 spiro atoms. The number of likely N-dealkylation sites (tertiary alicyclic amines) is 1. The van der Waals surface area contributed by atoms with Gasteiger partial charge >= 0.3 is 0 Å². The summed E-state index contributed by atoms with van der Waals surface area (Å²) in [6, 6.07) is 0. The molecular weight excluding hydrogens is 304 g/mol. The van der Waals surface area contributed by atoms with Crippen LogP contribution in [0.1, 0.15) is 62.4 Å². The summed E-state index contributed by atoms with van der Waals surface area (Å²) in [6.07, 6.45) is 8.10. The molecule has 24 heavy (non-hydrogen) atoms. The van der Waals surface area contributed by atoms with Crippen molar-refractivity contribution in [3.05, 3.63) is 17.0 Å². The van der Waals surface area contributed by atoms with Gasteiger partial charge in [0.2, 0.25) is 11.8 Å². The summed E-state index contributed by atoms with van der Waals surface area (Å²) in [6.45, 7) is 3.83. The van der Waals surface area contributed by atoms with Crippen LogP contribution in [0.25, 0.3) is 0 Å². The lowest BCUT2D eigenvalue weighted by Crippen LogP contribution is -2.37. The van der Waals surface area contributed by atoms with Gasteiger partial charge in [0.25, 0.3) is 0 Å². The molecule has 0 aromatic carbocycles. The molecule has 0 saturated carbocycles. The molecule has 1 aromatic heterocycles. The van der Waals surface area contributed by atoms with E-state index in [1.54, 1.807) is 6.92 Å². The van der Waals surface area contributed by atoms with E-state index in [-0.39, 0.29) is 11.8 Å². The number of nitrogens with one attached hydrogen (secondary N) is 2. The van der Waals surface area contributed by atoms with Gasteiger partial charge in [-0.1, -0.05) is 0 Å². The average molecular weight is 332 g/mol. The van der Waals surface area contributed by atoms with Crippen LogP contribution in [0.5, 0.6) is 0 Å². The molecule has 6 heteroatoms. The molecule has 1 aliphatic heterocycles. The Hall–Kier alpha value is -1.85. The number of hydrogen-bond acceptors (Lipinski definition) is 3. The van der Waals surface area contributed by atoms with E-state index in [4.69, 9.17) is 0 Å². The molecule has 0 bridgehead atoms. The fourth-order valence-electron chi connectivity index (χ4n) is 3.84. The highest BCUT2D eigenvalue weighted by Gasteiger charge is 2.21. The van der Waals surface area contributed by atoms with Gasteiger partial charge in [-0.3, -0.25) is 14.7 Å². The zero-order chi connectivity index (χ0) is 16.9. The molecule has 1 saturated heterocycles. The van der Waals surface area contributed by atoms with Gasteiger partial charge in [0.1, 0.15) is 0 Å². The smallest absolute Gasteiger partial charge is 0.220 e. The number of nitrogens with zero attached hydrogens (tertiary/aromatic N) is 2. The Kier molecular flexibility index (Phi) is 5.53. The van der Waals surface area contributed by atoms with Crippen molar-refractivity contribution >= 4 is 11.8 Å². The van der Waals surface area contributed by atoms with Crippen molar-refractivity contribution in [2.24, 2.45) is 5.92 Å². The van der Waals surface area contributed by atoms with Crippen molar-refractivity contribution in [1.29, 1.82) is 0 Å². The van der Waals surface area contributed by atoms with Crippen LogP contribution in [0.2, 0.25) is 0 Å². The number of rotatable bonds is 5. The maximum Gasteiger partial charge on any atom is 0.220 e. The van der Waals surface area contributed by atoms with Crippen LogP contribution in [0.4, 0.5) is 0 Å². The van der Waals surface area contributed by atoms with Crippen molar-refractivity contribution in [2.45, 2.75) is 64.8 Å². The predicted molar refractivity (Wildman–Crippen MR) is 91.3 cm³/mol. The zero-order valence-electron chi connectivity index (χ0n) is 14.6.